The fourth-order valence-electron chi connectivity index (χ4n) is 2.81. The van der Waals surface area contributed by atoms with Crippen LogP contribution >= 0.6 is 11.8 Å². The molecule has 0 fully saturated rings. The Morgan fingerprint density at radius 3 is 2.45 bits per heavy atom. The molecule has 1 aromatic heterocycles. The van der Waals surface area contributed by atoms with Crippen LogP contribution in [0, 0.1) is 5.82 Å². The standard InChI is InChI=1S/C22H25FN4OS/c1-14(20(28)24-18-8-6-7-17(23)13-18)29-21-26-25-19(27(21)5)15-9-11-16(12-10-15)22(2,3)4/h6-14H,1-5H3,(H,24,28)/t14-/m1/s1. The number of aromatic nitrogens is 3. The summed E-state index contributed by atoms with van der Waals surface area (Å²) in [6.45, 7) is 8.31. The minimum atomic E-state index is -0.419. The number of nitrogens with zero attached hydrogens (tertiary/aromatic N) is 3. The Morgan fingerprint density at radius 2 is 1.83 bits per heavy atom. The van der Waals surface area contributed by atoms with Crippen LogP contribution in [0.2, 0.25) is 0 Å². The Labute approximate surface area is 174 Å². The normalized spacial score (nSPS) is 12.6. The van der Waals surface area contributed by atoms with Crippen molar-refractivity contribution in [2.45, 2.75) is 43.5 Å². The Kier molecular flexibility index (Phi) is 6.07. The lowest BCUT2D eigenvalue weighted by Gasteiger charge is -2.19. The smallest absolute Gasteiger partial charge is 0.237 e. The molecule has 1 heterocycles. The van der Waals surface area contributed by atoms with Crippen LogP contribution in [0.1, 0.15) is 33.3 Å². The van der Waals surface area contributed by atoms with Crippen molar-refractivity contribution in [3.8, 4) is 11.4 Å². The quantitative estimate of drug-likeness (QED) is 0.597. The molecule has 0 saturated heterocycles. The highest BCUT2D eigenvalue weighted by atomic mass is 32.2. The van der Waals surface area contributed by atoms with E-state index in [1.165, 1.54) is 29.5 Å². The van der Waals surface area contributed by atoms with Gasteiger partial charge in [0, 0.05) is 18.3 Å². The summed E-state index contributed by atoms with van der Waals surface area (Å²) in [5.41, 5.74) is 2.74. The van der Waals surface area contributed by atoms with Crippen LogP contribution in [0.25, 0.3) is 11.4 Å². The Morgan fingerprint density at radius 1 is 1.14 bits per heavy atom. The molecule has 0 unspecified atom stereocenters. The average Bonchev–Trinajstić information content (AvgIpc) is 3.01. The van der Waals surface area contributed by atoms with E-state index in [0.29, 0.717) is 10.8 Å². The molecule has 2 aromatic carbocycles. The van der Waals surface area contributed by atoms with E-state index in [9.17, 15) is 9.18 Å². The van der Waals surface area contributed by atoms with E-state index in [1.54, 1.807) is 19.1 Å². The van der Waals surface area contributed by atoms with Crippen molar-refractivity contribution in [2.24, 2.45) is 7.05 Å². The summed E-state index contributed by atoms with van der Waals surface area (Å²) >= 11 is 1.31. The summed E-state index contributed by atoms with van der Waals surface area (Å²) in [4.78, 5) is 12.4. The maximum Gasteiger partial charge on any atom is 0.237 e. The maximum atomic E-state index is 13.3. The first-order chi connectivity index (χ1) is 13.6. The van der Waals surface area contributed by atoms with Crippen molar-refractivity contribution in [3.63, 3.8) is 0 Å². The van der Waals surface area contributed by atoms with Gasteiger partial charge in [-0.2, -0.15) is 0 Å². The first-order valence-corrected chi connectivity index (χ1v) is 10.3. The van der Waals surface area contributed by atoms with Crippen LogP contribution in [0.3, 0.4) is 0 Å². The zero-order chi connectivity index (χ0) is 21.2. The van der Waals surface area contributed by atoms with Gasteiger partial charge in [0.05, 0.1) is 5.25 Å². The molecule has 0 radical (unpaired) electrons. The maximum absolute atomic E-state index is 13.3. The molecule has 0 bridgehead atoms. The van der Waals surface area contributed by atoms with E-state index >= 15 is 0 Å². The summed E-state index contributed by atoms with van der Waals surface area (Å²) in [6.07, 6.45) is 0. The van der Waals surface area contributed by atoms with Gasteiger partial charge < -0.3 is 9.88 Å². The molecule has 0 saturated carbocycles. The fourth-order valence-corrected chi connectivity index (χ4v) is 3.62. The topological polar surface area (TPSA) is 59.8 Å². The van der Waals surface area contributed by atoms with Crippen LogP contribution in [0.5, 0.6) is 0 Å². The van der Waals surface area contributed by atoms with Crippen LogP contribution in [-0.4, -0.2) is 25.9 Å². The lowest BCUT2D eigenvalue weighted by atomic mass is 9.87. The first-order valence-electron chi connectivity index (χ1n) is 9.38. The van der Waals surface area contributed by atoms with E-state index in [0.717, 1.165) is 11.4 Å². The molecule has 0 spiro atoms. The van der Waals surface area contributed by atoms with Gasteiger partial charge in [0.15, 0.2) is 11.0 Å². The van der Waals surface area contributed by atoms with Crippen LogP contribution in [0.15, 0.2) is 53.7 Å². The van der Waals surface area contributed by atoms with Gasteiger partial charge in [0.25, 0.3) is 0 Å². The number of halogens is 1. The number of hydrogen-bond acceptors (Lipinski definition) is 4. The molecule has 7 heteroatoms. The lowest BCUT2D eigenvalue weighted by molar-refractivity contribution is -0.115. The monoisotopic (exact) mass is 412 g/mol. The van der Waals surface area contributed by atoms with Crippen molar-refractivity contribution < 1.29 is 9.18 Å². The van der Waals surface area contributed by atoms with Crippen LogP contribution in [-0.2, 0) is 17.3 Å². The zero-order valence-electron chi connectivity index (χ0n) is 17.2. The van der Waals surface area contributed by atoms with Gasteiger partial charge in [-0.15, -0.1) is 10.2 Å². The highest BCUT2D eigenvalue weighted by Gasteiger charge is 2.20. The van der Waals surface area contributed by atoms with E-state index in [4.69, 9.17) is 0 Å². The number of anilines is 1. The van der Waals surface area contributed by atoms with Crippen molar-refractivity contribution in [1.82, 2.24) is 14.8 Å². The molecule has 1 atom stereocenters. The average molecular weight is 413 g/mol. The van der Waals surface area contributed by atoms with E-state index < -0.39 is 11.1 Å². The van der Waals surface area contributed by atoms with Crippen molar-refractivity contribution in [3.05, 3.63) is 59.9 Å². The second-order valence-corrected chi connectivity index (χ2v) is 9.26. The molecule has 3 aromatic rings. The molecule has 0 aliphatic rings. The molecular formula is C22H25FN4OS. The number of carbonyl (C=O) groups excluding carboxylic acids is 1. The zero-order valence-corrected chi connectivity index (χ0v) is 18.0. The van der Waals surface area contributed by atoms with Gasteiger partial charge in [0.1, 0.15) is 5.82 Å². The molecule has 0 aliphatic carbocycles. The third kappa shape index (κ3) is 5.03. The Hall–Kier alpha value is -2.67. The molecule has 29 heavy (non-hydrogen) atoms. The summed E-state index contributed by atoms with van der Waals surface area (Å²) in [5.74, 6) is 0.129. The summed E-state index contributed by atoms with van der Waals surface area (Å²) < 4.78 is 15.2. The number of carbonyl (C=O) groups is 1. The van der Waals surface area contributed by atoms with Crippen molar-refractivity contribution in [1.29, 1.82) is 0 Å². The highest BCUT2D eigenvalue weighted by Crippen LogP contribution is 2.28. The van der Waals surface area contributed by atoms with E-state index in [1.807, 2.05) is 23.7 Å². The van der Waals surface area contributed by atoms with Gasteiger partial charge in [-0.3, -0.25) is 4.79 Å². The van der Waals surface area contributed by atoms with E-state index in [-0.39, 0.29) is 11.3 Å². The third-order valence-corrected chi connectivity index (χ3v) is 5.72. The summed E-state index contributed by atoms with van der Waals surface area (Å²) in [6, 6.07) is 14.1. The Balaban J connectivity index is 1.71. The number of rotatable bonds is 5. The SMILES string of the molecule is C[C@@H](Sc1nnc(-c2ccc(C(C)(C)C)cc2)n1C)C(=O)Nc1cccc(F)c1. The molecule has 1 amide bonds. The lowest BCUT2D eigenvalue weighted by Crippen LogP contribution is -2.22. The number of amides is 1. The Bertz CT molecular complexity index is 1010. The number of thioether (sulfide) groups is 1. The number of benzene rings is 2. The minimum absolute atomic E-state index is 0.0872. The predicted molar refractivity (Wildman–Crippen MR) is 115 cm³/mol. The number of nitrogens with one attached hydrogen (secondary N) is 1. The second-order valence-electron chi connectivity index (χ2n) is 7.95. The van der Waals surface area contributed by atoms with Gasteiger partial charge in [-0.25, -0.2) is 4.39 Å². The fraction of sp³-hybridized carbons (Fsp3) is 0.318. The predicted octanol–water partition coefficient (Wildman–Crippen LogP) is 5.04. The molecule has 5 nitrogen and oxygen atoms in total. The molecule has 3 rings (SSSR count). The third-order valence-electron chi connectivity index (χ3n) is 4.59. The highest BCUT2D eigenvalue weighted by molar-refractivity contribution is 8.00. The van der Waals surface area contributed by atoms with Gasteiger partial charge >= 0.3 is 0 Å². The van der Waals surface area contributed by atoms with Gasteiger partial charge in [0.2, 0.25) is 5.91 Å². The van der Waals surface area contributed by atoms with Gasteiger partial charge in [-0.1, -0.05) is 62.9 Å². The van der Waals surface area contributed by atoms with E-state index in [2.05, 4.69) is 48.4 Å². The molecule has 0 aliphatic heterocycles. The van der Waals surface area contributed by atoms with Crippen LogP contribution in [0.4, 0.5) is 10.1 Å². The van der Waals surface area contributed by atoms with Crippen molar-refractivity contribution in [2.75, 3.05) is 5.32 Å². The molecule has 1 N–H and O–H groups in total. The number of hydrogen-bond donors (Lipinski definition) is 1. The minimum Gasteiger partial charge on any atom is -0.325 e. The molecular weight excluding hydrogens is 387 g/mol. The van der Waals surface area contributed by atoms with Gasteiger partial charge in [-0.05, 0) is 36.1 Å². The van der Waals surface area contributed by atoms with Crippen molar-refractivity contribution >= 4 is 23.4 Å². The second kappa shape index (κ2) is 8.37. The molecule has 152 valence electrons. The van der Waals surface area contributed by atoms with Crippen LogP contribution < -0.4 is 5.32 Å². The summed E-state index contributed by atoms with van der Waals surface area (Å²) in [7, 11) is 1.88. The first kappa shape index (κ1) is 21.0. The summed E-state index contributed by atoms with van der Waals surface area (Å²) in [5, 5.41) is 11.5. The largest absolute Gasteiger partial charge is 0.325 e.